The van der Waals surface area contributed by atoms with Crippen molar-refractivity contribution in [2.75, 3.05) is 0 Å². The van der Waals surface area contributed by atoms with Crippen LogP contribution in [0.5, 0.6) is 0 Å². The van der Waals surface area contributed by atoms with Gasteiger partial charge in [0.25, 0.3) is 0 Å². The molecule has 2 rings (SSSR count). The molecule has 0 N–H and O–H groups in total. The molecule has 14 heavy (non-hydrogen) atoms. The number of aryl methyl sites for hydroxylation is 1. The van der Waals surface area contributed by atoms with E-state index in [1.807, 2.05) is 0 Å². The number of rotatable bonds is 2. The maximum atomic E-state index is 10.7. The minimum absolute atomic E-state index is 0.181. The zero-order valence-corrected chi connectivity index (χ0v) is 9.75. The smallest absolute Gasteiger partial charge is 0.127 e. The summed E-state index contributed by atoms with van der Waals surface area (Å²) in [4.78, 5) is 15.2. The second-order valence-corrected chi connectivity index (χ2v) is 4.41. The molecule has 0 saturated heterocycles. The number of aromatic nitrogens is 2. The predicted molar refractivity (Wildman–Crippen MR) is 57.2 cm³/mol. The van der Waals surface area contributed by atoms with Gasteiger partial charge >= 0.3 is 0 Å². The Morgan fingerprint density at radius 3 is 3.14 bits per heavy atom. The van der Waals surface area contributed by atoms with Crippen molar-refractivity contribution in [3.05, 3.63) is 16.1 Å². The molecule has 76 valence electrons. The van der Waals surface area contributed by atoms with Crippen molar-refractivity contribution in [3.63, 3.8) is 0 Å². The van der Waals surface area contributed by atoms with Crippen molar-refractivity contribution in [1.82, 2.24) is 9.55 Å². The molecular formula is C10H13BrN2O. The van der Waals surface area contributed by atoms with Gasteiger partial charge in [0.05, 0.1) is 5.69 Å². The fraction of sp³-hybridized carbons (Fsp3) is 0.600. The summed E-state index contributed by atoms with van der Waals surface area (Å²) in [6, 6.07) is 0. The van der Waals surface area contributed by atoms with E-state index < -0.39 is 0 Å². The number of fused-ring (bicyclic) bond motifs is 1. The van der Waals surface area contributed by atoms with Crippen molar-refractivity contribution >= 4 is 22.2 Å². The molecule has 1 aliphatic rings. The van der Waals surface area contributed by atoms with Crippen LogP contribution in [-0.4, -0.2) is 15.8 Å². The maximum absolute atomic E-state index is 10.7. The number of halogens is 1. The van der Waals surface area contributed by atoms with E-state index in [-0.39, 0.29) is 5.92 Å². The third kappa shape index (κ3) is 1.52. The SMILES string of the molecule is CCc1nc(Br)c2n1CCC(C=O)C2. The van der Waals surface area contributed by atoms with Gasteiger partial charge in [0, 0.05) is 18.9 Å². The van der Waals surface area contributed by atoms with Crippen LogP contribution in [0.4, 0.5) is 0 Å². The lowest BCUT2D eigenvalue weighted by Crippen LogP contribution is -2.21. The first-order chi connectivity index (χ1) is 6.76. The van der Waals surface area contributed by atoms with Gasteiger partial charge in [-0.05, 0) is 28.8 Å². The van der Waals surface area contributed by atoms with E-state index >= 15 is 0 Å². The summed E-state index contributed by atoms with van der Waals surface area (Å²) in [7, 11) is 0. The average molecular weight is 257 g/mol. The van der Waals surface area contributed by atoms with Gasteiger partial charge in [-0.15, -0.1) is 0 Å². The molecule has 3 nitrogen and oxygen atoms in total. The Kier molecular flexibility index (Phi) is 2.72. The molecule has 0 radical (unpaired) electrons. The quantitative estimate of drug-likeness (QED) is 0.759. The molecule has 1 aliphatic heterocycles. The van der Waals surface area contributed by atoms with Crippen LogP contribution in [0.3, 0.4) is 0 Å². The van der Waals surface area contributed by atoms with Gasteiger partial charge in [0.15, 0.2) is 0 Å². The first-order valence-corrected chi connectivity index (χ1v) is 5.74. The fourth-order valence-corrected chi connectivity index (χ4v) is 2.58. The highest BCUT2D eigenvalue weighted by Gasteiger charge is 2.23. The normalized spacial score (nSPS) is 20.6. The Morgan fingerprint density at radius 2 is 2.50 bits per heavy atom. The van der Waals surface area contributed by atoms with Crippen LogP contribution in [-0.2, 0) is 24.2 Å². The fourth-order valence-electron chi connectivity index (χ4n) is 2.00. The lowest BCUT2D eigenvalue weighted by molar-refractivity contribution is -0.111. The van der Waals surface area contributed by atoms with Crippen molar-refractivity contribution in [2.24, 2.45) is 5.92 Å². The zero-order valence-electron chi connectivity index (χ0n) is 8.16. The Balaban J connectivity index is 2.37. The highest BCUT2D eigenvalue weighted by molar-refractivity contribution is 9.10. The summed E-state index contributed by atoms with van der Waals surface area (Å²) in [6.45, 7) is 3.04. The third-order valence-electron chi connectivity index (χ3n) is 2.79. The molecule has 1 unspecified atom stereocenters. The van der Waals surface area contributed by atoms with Crippen molar-refractivity contribution in [1.29, 1.82) is 0 Å². The number of hydrogen-bond donors (Lipinski definition) is 0. The Bertz CT molecular complexity index is 359. The van der Waals surface area contributed by atoms with Crippen LogP contribution in [0, 0.1) is 5.92 Å². The molecule has 0 saturated carbocycles. The van der Waals surface area contributed by atoms with E-state index in [1.54, 1.807) is 0 Å². The predicted octanol–water partition coefficient (Wildman–Crippen LogP) is 1.97. The van der Waals surface area contributed by atoms with E-state index in [4.69, 9.17) is 0 Å². The first-order valence-electron chi connectivity index (χ1n) is 4.95. The summed E-state index contributed by atoms with van der Waals surface area (Å²) < 4.78 is 3.16. The molecule has 4 heteroatoms. The molecule has 0 aliphatic carbocycles. The Morgan fingerprint density at radius 1 is 1.71 bits per heavy atom. The van der Waals surface area contributed by atoms with E-state index in [2.05, 4.69) is 32.4 Å². The first kappa shape index (κ1) is 9.90. The number of carbonyl (C=O) groups excluding carboxylic acids is 1. The molecule has 0 bridgehead atoms. The largest absolute Gasteiger partial charge is 0.331 e. The van der Waals surface area contributed by atoms with E-state index in [9.17, 15) is 4.79 Å². The second kappa shape index (κ2) is 3.85. The van der Waals surface area contributed by atoms with Crippen LogP contribution in [0.2, 0.25) is 0 Å². The number of aldehydes is 1. The lowest BCUT2D eigenvalue weighted by Gasteiger charge is -2.20. The standard InChI is InChI=1S/C10H13BrN2O/c1-2-9-12-10(11)8-5-7(6-14)3-4-13(8)9/h6-7H,2-5H2,1H3. The molecule has 0 fully saturated rings. The summed E-state index contributed by atoms with van der Waals surface area (Å²) in [5.41, 5.74) is 1.19. The molecule has 1 atom stereocenters. The van der Waals surface area contributed by atoms with E-state index in [0.717, 1.165) is 42.5 Å². The van der Waals surface area contributed by atoms with E-state index in [1.165, 1.54) is 5.69 Å². The molecule has 0 aromatic carbocycles. The van der Waals surface area contributed by atoms with Crippen molar-refractivity contribution in [3.8, 4) is 0 Å². The maximum Gasteiger partial charge on any atom is 0.127 e. The van der Waals surface area contributed by atoms with Crippen LogP contribution in [0.15, 0.2) is 4.60 Å². The van der Waals surface area contributed by atoms with Gasteiger partial charge in [0.2, 0.25) is 0 Å². The molecule has 2 heterocycles. The van der Waals surface area contributed by atoms with Crippen molar-refractivity contribution in [2.45, 2.75) is 32.7 Å². The molecule has 0 spiro atoms. The van der Waals surface area contributed by atoms with Gasteiger partial charge < -0.3 is 9.36 Å². The minimum Gasteiger partial charge on any atom is -0.331 e. The van der Waals surface area contributed by atoms with Gasteiger partial charge in [-0.2, -0.15) is 0 Å². The minimum atomic E-state index is 0.181. The summed E-state index contributed by atoms with van der Waals surface area (Å²) >= 11 is 3.45. The summed E-state index contributed by atoms with van der Waals surface area (Å²) in [5, 5.41) is 0. The number of hydrogen-bond acceptors (Lipinski definition) is 2. The molecular weight excluding hydrogens is 244 g/mol. The van der Waals surface area contributed by atoms with E-state index in [0.29, 0.717) is 0 Å². The van der Waals surface area contributed by atoms with Crippen molar-refractivity contribution < 1.29 is 4.79 Å². The van der Waals surface area contributed by atoms with Gasteiger partial charge in [-0.25, -0.2) is 4.98 Å². The topological polar surface area (TPSA) is 34.9 Å². The molecule has 1 aromatic heterocycles. The summed E-state index contributed by atoms with van der Waals surface area (Å²) in [6.07, 6.45) is 3.79. The molecule has 0 amide bonds. The lowest BCUT2D eigenvalue weighted by atomic mass is 9.98. The van der Waals surface area contributed by atoms with Gasteiger partial charge in [-0.1, -0.05) is 6.92 Å². The summed E-state index contributed by atoms with van der Waals surface area (Å²) in [5.74, 6) is 1.30. The van der Waals surface area contributed by atoms with Crippen LogP contribution in [0.1, 0.15) is 24.9 Å². The van der Waals surface area contributed by atoms with Crippen LogP contribution >= 0.6 is 15.9 Å². The number of imidazole rings is 1. The second-order valence-electron chi connectivity index (χ2n) is 3.66. The third-order valence-corrected chi connectivity index (χ3v) is 3.43. The Hall–Kier alpha value is -0.640. The van der Waals surface area contributed by atoms with Gasteiger partial charge in [-0.3, -0.25) is 0 Å². The van der Waals surface area contributed by atoms with Crippen LogP contribution < -0.4 is 0 Å². The number of carbonyl (C=O) groups is 1. The highest BCUT2D eigenvalue weighted by Crippen LogP contribution is 2.27. The average Bonchev–Trinajstić information content (AvgIpc) is 2.55. The monoisotopic (exact) mass is 256 g/mol. The number of nitrogens with zero attached hydrogens (tertiary/aromatic N) is 2. The highest BCUT2D eigenvalue weighted by atomic mass is 79.9. The van der Waals surface area contributed by atoms with Gasteiger partial charge in [0.1, 0.15) is 16.7 Å². The zero-order chi connectivity index (χ0) is 10.1. The Labute approximate surface area is 91.6 Å². The molecule has 1 aromatic rings. The van der Waals surface area contributed by atoms with Crippen LogP contribution in [0.25, 0.3) is 0 Å².